The van der Waals surface area contributed by atoms with Gasteiger partial charge in [0.25, 0.3) is 0 Å². The summed E-state index contributed by atoms with van der Waals surface area (Å²) in [6, 6.07) is 10.9. The van der Waals surface area contributed by atoms with Crippen molar-refractivity contribution in [3.05, 3.63) is 64.1 Å². The maximum absolute atomic E-state index is 13.6. The molecule has 3 nitrogen and oxygen atoms in total. The second-order valence-corrected chi connectivity index (χ2v) is 5.52. The molecule has 0 spiro atoms. The predicted octanol–water partition coefficient (Wildman–Crippen LogP) is 3.12. The van der Waals surface area contributed by atoms with Crippen molar-refractivity contribution in [2.75, 3.05) is 13.6 Å². The van der Waals surface area contributed by atoms with E-state index in [1.807, 2.05) is 31.3 Å². The highest BCUT2D eigenvalue weighted by Crippen LogP contribution is 2.24. The minimum Gasteiger partial charge on any atom is -0.329 e. The first kappa shape index (κ1) is 15.1. The molecule has 2 N–H and O–H groups in total. The summed E-state index contributed by atoms with van der Waals surface area (Å²) in [5.41, 5.74) is 7.68. The van der Waals surface area contributed by atoms with Crippen molar-refractivity contribution in [3.8, 4) is 0 Å². The lowest BCUT2D eigenvalue weighted by Gasteiger charge is -2.27. The molecule has 106 valence electrons. The highest BCUT2D eigenvalue weighted by atomic mass is 79.9. The van der Waals surface area contributed by atoms with Gasteiger partial charge >= 0.3 is 0 Å². The Morgan fingerprint density at radius 1 is 1.35 bits per heavy atom. The molecule has 2 rings (SSSR count). The number of halogens is 2. The van der Waals surface area contributed by atoms with Gasteiger partial charge in [-0.15, -0.1) is 0 Å². The minimum atomic E-state index is -0.271. The number of pyridine rings is 1. The zero-order chi connectivity index (χ0) is 14.5. The van der Waals surface area contributed by atoms with Crippen molar-refractivity contribution < 1.29 is 4.39 Å². The number of benzene rings is 1. The molecule has 1 aromatic heterocycles. The van der Waals surface area contributed by atoms with Crippen LogP contribution in [-0.4, -0.2) is 23.5 Å². The second-order valence-electron chi connectivity index (χ2n) is 4.66. The number of likely N-dealkylation sites (N-methyl/N-ethyl adjacent to an activating group) is 1. The molecule has 0 amide bonds. The molecule has 0 aliphatic rings. The lowest BCUT2D eigenvalue weighted by Crippen LogP contribution is -2.30. The topological polar surface area (TPSA) is 42.2 Å². The van der Waals surface area contributed by atoms with E-state index in [1.54, 1.807) is 12.3 Å². The quantitative estimate of drug-likeness (QED) is 0.911. The van der Waals surface area contributed by atoms with E-state index in [9.17, 15) is 4.39 Å². The molecule has 2 aromatic rings. The van der Waals surface area contributed by atoms with E-state index in [1.165, 1.54) is 6.07 Å². The molecule has 20 heavy (non-hydrogen) atoms. The monoisotopic (exact) mass is 337 g/mol. The number of hydrogen-bond donors (Lipinski definition) is 1. The van der Waals surface area contributed by atoms with Crippen LogP contribution in [0.3, 0.4) is 0 Å². The van der Waals surface area contributed by atoms with E-state index >= 15 is 0 Å². The Hall–Kier alpha value is -1.30. The number of aromatic nitrogens is 1. The van der Waals surface area contributed by atoms with Crippen molar-refractivity contribution >= 4 is 15.9 Å². The normalized spacial score (nSPS) is 12.7. The average Bonchev–Trinajstić information content (AvgIpc) is 2.44. The third kappa shape index (κ3) is 3.62. The molecule has 0 aliphatic heterocycles. The Balaban J connectivity index is 2.16. The van der Waals surface area contributed by atoms with Gasteiger partial charge in [0.2, 0.25) is 0 Å². The van der Waals surface area contributed by atoms with E-state index < -0.39 is 0 Å². The molecule has 5 heteroatoms. The molecule has 1 unspecified atom stereocenters. The summed E-state index contributed by atoms with van der Waals surface area (Å²) in [7, 11) is 1.96. The summed E-state index contributed by atoms with van der Waals surface area (Å²) in [6.07, 6.45) is 1.76. The number of nitrogens with zero attached hydrogens (tertiary/aromatic N) is 2. The number of rotatable bonds is 5. The fourth-order valence-corrected chi connectivity index (χ4v) is 2.39. The molecular formula is C15H17BrFN3. The van der Waals surface area contributed by atoms with Gasteiger partial charge in [0.05, 0.1) is 10.2 Å². The van der Waals surface area contributed by atoms with Gasteiger partial charge in [-0.05, 0) is 52.8 Å². The van der Waals surface area contributed by atoms with Gasteiger partial charge in [0, 0.05) is 25.3 Å². The maximum Gasteiger partial charge on any atom is 0.137 e. The van der Waals surface area contributed by atoms with E-state index in [0.717, 1.165) is 11.3 Å². The SMILES string of the molecule is CN(Cc1ccccn1)C(CN)c1ccc(Br)c(F)c1. The third-order valence-electron chi connectivity index (χ3n) is 3.22. The van der Waals surface area contributed by atoms with Crippen LogP contribution in [0.2, 0.25) is 0 Å². The van der Waals surface area contributed by atoms with Crippen LogP contribution in [0.5, 0.6) is 0 Å². The second kappa shape index (κ2) is 6.92. The van der Waals surface area contributed by atoms with Gasteiger partial charge in [-0.25, -0.2) is 4.39 Å². The summed E-state index contributed by atoms with van der Waals surface area (Å²) in [6.45, 7) is 1.09. The number of hydrogen-bond acceptors (Lipinski definition) is 3. The van der Waals surface area contributed by atoms with Crippen LogP contribution in [0.1, 0.15) is 17.3 Å². The van der Waals surface area contributed by atoms with Crippen LogP contribution in [0.25, 0.3) is 0 Å². The fraction of sp³-hybridized carbons (Fsp3) is 0.267. The Morgan fingerprint density at radius 2 is 2.15 bits per heavy atom. The van der Waals surface area contributed by atoms with Gasteiger partial charge in [-0.2, -0.15) is 0 Å². The average molecular weight is 338 g/mol. The first-order chi connectivity index (χ1) is 9.61. The zero-order valence-electron chi connectivity index (χ0n) is 11.3. The standard InChI is InChI=1S/C15H17BrFN3/c1-20(10-12-4-2-3-7-19-12)15(9-18)11-5-6-13(16)14(17)8-11/h2-8,15H,9-10,18H2,1H3. The smallest absolute Gasteiger partial charge is 0.137 e. The fourth-order valence-electron chi connectivity index (χ4n) is 2.15. The van der Waals surface area contributed by atoms with Crippen LogP contribution in [0, 0.1) is 5.82 Å². The van der Waals surface area contributed by atoms with E-state index in [4.69, 9.17) is 5.73 Å². The van der Waals surface area contributed by atoms with Gasteiger partial charge in [-0.3, -0.25) is 9.88 Å². The number of nitrogens with two attached hydrogens (primary N) is 1. The van der Waals surface area contributed by atoms with Crippen molar-refractivity contribution in [1.82, 2.24) is 9.88 Å². The summed E-state index contributed by atoms with van der Waals surface area (Å²) in [5.74, 6) is -0.271. The van der Waals surface area contributed by atoms with E-state index in [2.05, 4.69) is 25.8 Å². The van der Waals surface area contributed by atoms with Crippen LogP contribution in [-0.2, 0) is 6.54 Å². The van der Waals surface area contributed by atoms with Gasteiger partial charge < -0.3 is 5.73 Å². The van der Waals surface area contributed by atoms with Crippen molar-refractivity contribution in [2.45, 2.75) is 12.6 Å². The van der Waals surface area contributed by atoms with Gasteiger partial charge in [-0.1, -0.05) is 12.1 Å². The summed E-state index contributed by atoms with van der Waals surface area (Å²) < 4.78 is 14.1. The molecule has 0 saturated heterocycles. The lowest BCUT2D eigenvalue weighted by atomic mass is 10.1. The van der Waals surface area contributed by atoms with Crippen LogP contribution >= 0.6 is 15.9 Å². The summed E-state index contributed by atoms with van der Waals surface area (Å²) >= 11 is 3.16. The Labute approximate surface area is 126 Å². The molecule has 1 atom stereocenters. The predicted molar refractivity (Wildman–Crippen MR) is 81.6 cm³/mol. The lowest BCUT2D eigenvalue weighted by molar-refractivity contribution is 0.238. The Morgan fingerprint density at radius 3 is 2.75 bits per heavy atom. The van der Waals surface area contributed by atoms with Crippen molar-refractivity contribution in [2.24, 2.45) is 5.73 Å². The highest BCUT2D eigenvalue weighted by Gasteiger charge is 2.17. The van der Waals surface area contributed by atoms with Crippen molar-refractivity contribution in [3.63, 3.8) is 0 Å². The molecular weight excluding hydrogens is 321 g/mol. The molecule has 0 radical (unpaired) electrons. The van der Waals surface area contributed by atoms with E-state index in [0.29, 0.717) is 17.6 Å². The first-order valence-electron chi connectivity index (χ1n) is 6.37. The summed E-state index contributed by atoms with van der Waals surface area (Å²) in [5, 5.41) is 0. The molecule has 0 fully saturated rings. The molecule has 0 saturated carbocycles. The van der Waals surface area contributed by atoms with Gasteiger partial charge in [0.1, 0.15) is 5.82 Å². The minimum absolute atomic E-state index is 0.0420. The molecule has 0 bridgehead atoms. The third-order valence-corrected chi connectivity index (χ3v) is 3.86. The molecule has 0 aliphatic carbocycles. The summed E-state index contributed by atoms with van der Waals surface area (Å²) in [4.78, 5) is 6.37. The largest absolute Gasteiger partial charge is 0.329 e. The van der Waals surface area contributed by atoms with E-state index in [-0.39, 0.29) is 11.9 Å². The van der Waals surface area contributed by atoms with Gasteiger partial charge in [0.15, 0.2) is 0 Å². The molecule has 1 heterocycles. The Kier molecular flexibility index (Phi) is 5.23. The van der Waals surface area contributed by atoms with Crippen LogP contribution < -0.4 is 5.73 Å². The highest BCUT2D eigenvalue weighted by molar-refractivity contribution is 9.10. The Bertz CT molecular complexity index is 562. The van der Waals surface area contributed by atoms with Crippen LogP contribution in [0.4, 0.5) is 4.39 Å². The van der Waals surface area contributed by atoms with Crippen molar-refractivity contribution in [1.29, 1.82) is 0 Å². The zero-order valence-corrected chi connectivity index (χ0v) is 12.8. The van der Waals surface area contributed by atoms with Crippen LogP contribution in [0.15, 0.2) is 47.1 Å². The maximum atomic E-state index is 13.6. The molecule has 1 aromatic carbocycles. The first-order valence-corrected chi connectivity index (χ1v) is 7.16.